The van der Waals surface area contributed by atoms with Gasteiger partial charge in [-0.3, -0.25) is 9.79 Å². The first-order valence-electron chi connectivity index (χ1n) is 8.10. The molecule has 2 aromatic rings. The van der Waals surface area contributed by atoms with Crippen LogP contribution in [0.3, 0.4) is 0 Å². The third-order valence-corrected chi connectivity index (χ3v) is 4.22. The summed E-state index contributed by atoms with van der Waals surface area (Å²) in [6, 6.07) is 15.9. The fourth-order valence-corrected chi connectivity index (χ4v) is 2.94. The summed E-state index contributed by atoms with van der Waals surface area (Å²) >= 11 is 0. The monoisotopic (exact) mass is 306 g/mol. The Balaban J connectivity index is 2.01. The highest BCUT2D eigenvalue weighted by atomic mass is 16.1. The van der Waals surface area contributed by atoms with Crippen molar-refractivity contribution in [1.29, 1.82) is 0 Å². The lowest BCUT2D eigenvalue weighted by Crippen LogP contribution is -2.35. The van der Waals surface area contributed by atoms with Gasteiger partial charge in [-0.25, -0.2) is 0 Å². The lowest BCUT2D eigenvalue weighted by atomic mass is 9.96. The van der Waals surface area contributed by atoms with Gasteiger partial charge >= 0.3 is 0 Å². The lowest BCUT2D eigenvalue weighted by molar-refractivity contribution is 0.103. The summed E-state index contributed by atoms with van der Waals surface area (Å²) in [5.41, 5.74) is 3.53. The number of hydrogen-bond donors (Lipinski definition) is 0. The molecule has 0 spiro atoms. The van der Waals surface area contributed by atoms with Gasteiger partial charge in [-0.05, 0) is 20.8 Å². The van der Waals surface area contributed by atoms with E-state index in [4.69, 9.17) is 0 Å². The number of amidine groups is 1. The van der Waals surface area contributed by atoms with Gasteiger partial charge in [0.2, 0.25) is 0 Å². The van der Waals surface area contributed by atoms with E-state index >= 15 is 0 Å². The maximum atomic E-state index is 12.9. The molecule has 0 amide bonds. The van der Waals surface area contributed by atoms with Crippen LogP contribution in [0.15, 0.2) is 53.5 Å². The van der Waals surface area contributed by atoms with Crippen molar-refractivity contribution < 1.29 is 4.79 Å². The van der Waals surface area contributed by atoms with Crippen molar-refractivity contribution in [3.63, 3.8) is 0 Å². The van der Waals surface area contributed by atoms with Gasteiger partial charge in [0, 0.05) is 29.3 Å². The lowest BCUT2D eigenvalue weighted by Gasteiger charge is -2.25. The smallest absolute Gasteiger partial charge is 0.193 e. The van der Waals surface area contributed by atoms with Crippen LogP contribution in [0.25, 0.3) is 0 Å². The average molecular weight is 306 g/mol. The Morgan fingerprint density at radius 1 is 1.09 bits per heavy atom. The summed E-state index contributed by atoms with van der Waals surface area (Å²) in [7, 11) is 0. The van der Waals surface area contributed by atoms with Crippen LogP contribution in [-0.4, -0.2) is 35.7 Å². The Bertz CT molecular complexity index is 744. The maximum Gasteiger partial charge on any atom is 0.193 e. The summed E-state index contributed by atoms with van der Waals surface area (Å²) in [5.74, 6) is 0.995. The molecule has 1 heterocycles. The highest BCUT2D eigenvalue weighted by Gasteiger charge is 2.25. The molecule has 0 fully saturated rings. The fraction of sp³-hybridized carbons (Fsp3) is 0.300. The zero-order chi connectivity index (χ0) is 16.4. The molecule has 23 heavy (non-hydrogen) atoms. The minimum Gasteiger partial charge on any atom is -0.352 e. The molecule has 3 nitrogen and oxygen atoms in total. The molecular weight excluding hydrogens is 284 g/mol. The minimum absolute atomic E-state index is 0.0545. The third-order valence-electron chi connectivity index (χ3n) is 4.22. The number of carbonyl (C=O) groups excluding carboxylic acids is 1. The van der Waals surface area contributed by atoms with Crippen LogP contribution in [-0.2, 0) is 0 Å². The van der Waals surface area contributed by atoms with Crippen molar-refractivity contribution in [3.05, 3.63) is 70.8 Å². The third kappa shape index (κ3) is 3.04. The summed E-state index contributed by atoms with van der Waals surface area (Å²) in [4.78, 5) is 19.9. The van der Waals surface area contributed by atoms with Crippen LogP contribution in [0.2, 0.25) is 0 Å². The molecule has 0 saturated carbocycles. The second-order valence-corrected chi connectivity index (χ2v) is 6.23. The largest absolute Gasteiger partial charge is 0.352 e. The van der Waals surface area contributed by atoms with Crippen molar-refractivity contribution in [2.24, 2.45) is 4.99 Å². The second kappa shape index (κ2) is 6.37. The molecule has 0 radical (unpaired) electrons. The van der Waals surface area contributed by atoms with Crippen molar-refractivity contribution >= 4 is 11.6 Å². The molecule has 0 saturated heterocycles. The van der Waals surface area contributed by atoms with Gasteiger partial charge in [-0.15, -0.1) is 0 Å². The van der Waals surface area contributed by atoms with Gasteiger partial charge in [0.05, 0.1) is 6.54 Å². The predicted octanol–water partition coefficient (Wildman–Crippen LogP) is 3.70. The van der Waals surface area contributed by atoms with Gasteiger partial charge in [-0.1, -0.05) is 54.1 Å². The Hall–Kier alpha value is -2.42. The molecule has 3 heteroatoms. The predicted molar refractivity (Wildman–Crippen MR) is 94.3 cm³/mol. The van der Waals surface area contributed by atoms with Crippen molar-refractivity contribution in [2.75, 3.05) is 13.1 Å². The summed E-state index contributed by atoms with van der Waals surface area (Å²) in [6.45, 7) is 8.05. The molecule has 0 N–H and O–H groups in total. The minimum atomic E-state index is 0.0545. The SMILES string of the molecule is Cc1ccc(C(=O)c2ccccc2C2=NCCN2C(C)C)cc1. The number of rotatable bonds is 4. The zero-order valence-electron chi connectivity index (χ0n) is 13.9. The van der Waals surface area contributed by atoms with Gasteiger partial charge in [0.15, 0.2) is 5.78 Å². The maximum absolute atomic E-state index is 12.9. The molecule has 1 aliphatic heterocycles. The van der Waals surface area contributed by atoms with Gasteiger partial charge in [0.25, 0.3) is 0 Å². The number of aliphatic imine (C=N–C) groups is 1. The molecular formula is C20H22N2O. The van der Waals surface area contributed by atoms with Gasteiger partial charge in [-0.2, -0.15) is 0 Å². The number of aryl methyl sites for hydroxylation is 1. The molecule has 0 bridgehead atoms. The number of nitrogens with zero attached hydrogens (tertiary/aromatic N) is 2. The van der Waals surface area contributed by atoms with Gasteiger partial charge in [0.1, 0.15) is 5.84 Å². The number of ketones is 1. The number of carbonyl (C=O) groups is 1. The van der Waals surface area contributed by atoms with E-state index in [0.29, 0.717) is 6.04 Å². The van der Waals surface area contributed by atoms with Crippen LogP contribution in [0.1, 0.15) is 40.9 Å². The number of hydrogen-bond acceptors (Lipinski definition) is 3. The molecule has 0 aromatic heterocycles. The van der Waals surface area contributed by atoms with E-state index in [-0.39, 0.29) is 5.78 Å². The highest BCUT2D eigenvalue weighted by Crippen LogP contribution is 2.21. The Labute approximate surface area is 137 Å². The van der Waals surface area contributed by atoms with Crippen LogP contribution in [0.5, 0.6) is 0 Å². The normalized spacial score (nSPS) is 14.3. The highest BCUT2D eigenvalue weighted by molar-refractivity contribution is 6.16. The van der Waals surface area contributed by atoms with Crippen LogP contribution < -0.4 is 0 Å². The van der Waals surface area contributed by atoms with E-state index in [2.05, 4.69) is 23.7 Å². The molecule has 0 atom stereocenters. The van der Waals surface area contributed by atoms with Crippen LogP contribution >= 0.6 is 0 Å². The molecule has 3 rings (SSSR count). The second-order valence-electron chi connectivity index (χ2n) is 6.23. The van der Waals surface area contributed by atoms with E-state index < -0.39 is 0 Å². The standard InChI is InChI=1S/C20H22N2O/c1-14(2)22-13-12-21-20(22)18-7-5-4-6-17(18)19(23)16-10-8-15(3)9-11-16/h4-11,14H,12-13H2,1-3H3. The van der Waals surface area contributed by atoms with Crippen LogP contribution in [0, 0.1) is 6.92 Å². The van der Waals surface area contributed by atoms with E-state index in [1.165, 1.54) is 0 Å². The van der Waals surface area contributed by atoms with Crippen molar-refractivity contribution in [3.8, 4) is 0 Å². The van der Waals surface area contributed by atoms with Crippen molar-refractivity contribution in [1.82, 2.24) is 4.90 Å². The quantitative estimate of drug-likeness (QED) is 0.807. The van der Waals surface area contributed by atoms with Crippen LogP contribution in [0.4, 0.5) is 0 Å². The van der Waals surface area contributed by atoms with E-state index in [0.717, 1.165) is 41.2 Å². The first-order valence-corrected chi connectivity index (χ1v) is 8.10. The topological polar surface area (TPSA) is 32.7 Å². The summed E-state index contributed by atoms with van der Waals surface area (Å²) < 4.78 is 0. The van der Waals surface area contributed by atoms with E-state index in [1.54, 1.807) is 0 Å². The first-order chi connectivity index (χ1) is 11.1. The fourth-order valence-electron chi connectivity index (χ4n) is 2.94. The molecule has 0 aliphatic carbocycles. The number of benzene rings is 2. The molecule has 1 aliphatic rings. The molecule has 0 unspecified atom stereocenters. The van der Waals surface area contributed by atoms with Gasteiger partial charge < -0.3 is 4.90 Å². The van der Waals surface area contributed by atoms with E-state index in [1.807, 2.05) is 55.5 Å². The Kier molecular flexibility index (Phi) is 4.28. The van der Waals surface area contributed by atoms with Crippen molar-refractivity contribution in [2.45, 2.75) is 26.8 Å². The summed E-state index contributed by atoms with van der Waals surface area (Å²) in [6.07, 6.45) is 0. The molecule has 2 aromatic carbocycles. The Morgan fingerprint density at radius 2 is 1.78 bits per heavy atom. The zero-order valence-corrected chi connectivity index (χ0v) is 13.9. The first kappa shape index (κ1) is 15.5. The Morgan fingerprint density at radius 3 is 2.48 bits per heavy atom. The van der Waals surface area contributed by atoms with E-state index in [9.17, 15) is 4.79 Å². The molecule has 118 valence electrons. The summed E-state index contributed by atoms with van der Waals surface area (Å²) in [5, 5.41) is 0. The average Bonchev–Trinajstić information content (AvgIpc) is 3.05.